The highest BCUT2D eigenvalue weighted by Gasteiger charge is 2.12. The van der Waals surface area contributed by atoms with Crippen LogP contribution in [-0.4, -0.2) is 39.2 Å². The van der Waals surface area contributed by atoms with E-state index in [9.17, 15) is 4.79 Å². The van der Waals surface area contributed by atoms with Gasteiger partial charge in [0.1, 0.15) is 5.75 Å². The molecular weight excluding hydrogens is 418 g/mol. The monoisotopic (exact) mass is 445 g/mol. The maximum Gasteiger partial charge on any atom is 0.185 e. The zero-order chi connectivity index (χ0) is 22.2. The molecule has 1 aliphatic heterocycles. The van der Waals surface area contributed by atoms with E-state index in [2.05, 4.69) is 23.1 Å². The maximum atomic E-state index is 12.6. The molecule has 1 heterocycles. The lowest BCUT2D eigenvalue weighted by Gasteiger charge is -2.28. The standard InChI is InChI=1S/C27H27NO3S/c1-30-27-19-21(7-9-23(27)20-32-25-5-3-2-4-6-25)8-14-26(29)22-10-12-24(13-11-22)28-15-17-31-18-16-28/h2-14,19H,15-18,20H2,1H3/b14-8+. The van der Waals surface area contributed by atoms with E-state index in [1.54, 1.807) is 24.9 Å². The fourth-order valence-electron chi connectivity index (χ4n) is 3.59. The van der Waals surface area contributed by atoms with Gasteiger partial charge in [-0.2, -0.15) is 0 Å². The van der Waals surface area contributed by atoms with Crippen molar-refractivity contribution in [3.05, 3.63) is 95.6 Å². The molecule has 0 N–H and O–H groups in total. The predicted octanol–water partition coefficient (Wildman–Crippen LogP) is 5.72. The van der Waals surface area contributed by atoms with E-state index in [1.165, 1.54) is 4.90 Å². The van der Waals surface area contributed by atoms with E-state index in [-0.39, 0.29) is 5.78 Å². The number of carbonyl (C=O) groups is 1. The molecule has 4 nitrogen and oxygen atoms in total. The van der Waals surface area contributed by atoms with E-state index in [0.717, 1.165) is 54.6 Å². The Bertz CT molecular complexity index is 1060. The zero-order valence-electron chi connectivity index (χ0n) is 18.2. The van der Waals surface area contributed by atoms with Gasteiger partial charge in [-0.1, -0.05) is 36.4 Å². The van der Waals surface area contributed by atoms with Crippen LogP contribution < -0.4 is 9.64 Å². The highest BCUT2D eigenvalue weighted by molar-refractivity contribution is 7.98. The van der Waals surface area contributed by atoms with Crippen LogP contribution in [0, 0.1) is 0 Å². The minimum atomic E-state index is -0.0128. The number of morpholine rings is 1. The van der Waals surface area contributed by atoms with Gasteiger partial charge in [-0.3, -0.25) is 4.79 Å². The van der Waals surface area contributed by atoms with Crippen molar-refractivity contribution in [3.8, 4) is 5.75 Å². The van der Waals surface area contributed by atoms with Crippen LogP contribution >= 0.6 is 11.8 Å². The van der Waals surface area contributed by atoms with Crippen molar-refractivity contribution in [1.82, 2.24) is 0 Å². The van der Waals surface area contributed by atoms with Crippen molar-refractivity contribution < 1.29 is 14.3 Å². The number of nitrogens with zero attached hydrogens (tertiary/aromatic N) is 1. The minimum Gasteiger partial charge on any atom is -0.496 e. The summed E-state index contributed by atoms with van der Waals surface area (Å²) in [6.45, 7) is 3.26. The Labute approximate surface area is 193 Å². The molecule has 0 saturated carbocycles. The molecule has 164 valence electrons. The van der Waals surface area contributed by atoms with Gasteiger partial charge in [-0.25, -0.2) is 0 Å². The van der Waals surface area contributed by atoms with Crippen LogP contribution in [0.1, 0.15) is 21.5 Å². The summed E-state index contributed by atoms with van der Waals surface area (Å²) in [7, 11) is 1.68. The molecule has 0 unspecified atom stereocenters. The number of methoxy groups -OCH3 is 1. The molecule has 4 rings (SSSR count). The van der Waals surface area contributed by atoms with Crippen LogP contribution in [0.3, 0.4) is 0 Å². The van der Waals surface area contributed by atoms with Gasteiger partial charge in [-0.05, 0) is 54.1 Å². The van der Waals surface area contributed by atoms with Crippen molar-refractivity contribution in [3.63, 3.8) is 0 Å². The third-order valence-electron chi connectivity index (χ3n) is 5.40. The Morgan fingerprint density at radius 3 is 2.50 bits per heavy atom. The topological polar surface area (TPSA) is 38.8 Å². The van der Waals surface area contributed by atoms with Gasteiger partial charge in [0.15, 0.2) is 5.78 Å². The molecule has 1 fully saturated rings. The second-order valence-corrected chi connectivity index (χ2v) is 8.57. The summed E-state index contributed by atoms with van der Waals surface area (Å²) in [5, 5.41) is 0. The number of allylic oxidation sites excluding steroid dienone is 1. The van der Waals surface area contributed by atoms with Gasteiger partial charge in [0.25, 0.3) is 0 Å². The number of carbonyl (C=O) groups excluding carboxylic acids is 1. The lowest BCUT2D eigenvalue weighted by atomic mass is 10.1. The summed E-state index contributed by atoms with van der Waals surface area (Å²) in [5.41, 5.74) is 3.88. The SMILES string of the molecule is COc1cc(/C=C/C(=O)c2ccc(N3CCOCC3)cc2)ccc1CSc1ccccc1. The normalized spacial score (nSPS) is 14.0. The summed E-state index contributed by atoms with van der Waals surface area (Å²) in [6, 6.07) is 24.2. The van der Waals surface area contributed by atoms with Crippen molar-refractivity contribution in [1.29, 1.82) is 0 Å². The number of anilines is 1. The molecule has 3 aromatic rings. The number of thioether (sulfide) groups is 1. The third kappa shape index (κ3) is 5.81. The first-order valence-electron chi connectivity index (χ1n) is 10.7. The predicted molar refractivity (Wildman–Crippen MR) is 132 cm³/mol. The second kappa shape index (κ2) is 11.0. The first-order chi connectivity index (χ1) is 15.7. The van der Waals surface area contributed by atoms with E-state index in [0.29, 0.717) is 5.56 Å². The molecule has 1 aliphatic rings. The fraction of sp³-hybridized carbons (Fsp3) is 0.222. The number of hydrogen-bond donors (Lipinski definition) is 0. The molecule has 0 spiro atoms. The van der Waals surface area contributed by atoms with E-state index in [1.807, 2.05) is 60.7 Å². The highest BCUT2D eigenvalue weighted by Crippen LogP contribution is 2.29. The van der Waals surface area contributed by atoms with Gasteiger partial charge in [-0.15, -0.1) is 11.8 Å². The Kier molecular flexibility index (Phi) is 7.64. The number of ether oxygens (including phenoxy) is 2. The van der Waals surface area contributed by atoms with E-state index < -0.39 is 0 Å². The van der Waals surface area contributed by atoms with Crippen LogP contribution in [0.5, 0.6) is 5.75 Å². The van der Waals surface area contributed by atoms with Gasteiger partial charge in [0.05, 0.1) is 20.3 Å². The average Bonchev–Trinajstić information content (AvgIpc) is 2.87. The first-order valence-corrected chi connectivity index (χ1v) is 11.7. The second-order valence-electron chi connectivity index (χ2n) is 7.52. The third-order valence-corrected chi connectivity index (χ3v) is 6.46. The molecule has 0 aliphatic carbocycles. The minimum absolute atomic E-state index is 0.0128. The zero-order valence-corrected chi connectivity index (χ0v) is 19.0. The lowest BCUT2D eigenvalue weighted by Crippen LogP contribution is -2.36. The number of ketones is 1. The first kappa shape index (κ1) is 22.2. The van der Waals surface area contributed by atoms with E-state index in [4.69, 9.17) is 9.47 Å². The van der Waals surface area contributed by atoms with Crippen LogP contribution in [0.2, 0.25) is 0 Å². The van der Waals surface area contributed by atoms with Crippen LogP contribution in [0.25, 0.3) is 6.08 Å². The fourth-order valence-corrected chi connectivity index (χ4v) is 4.50. The Hall–Kier alpha value is -3.02. The Balaban J connectivity index is 1.39. The van der Waals surface area contributed by atoms with Crippen LogP contribution in [0.4, 0.5) is 5.69 Å². The number of hydrogen-bond acceptors (Lipinski definition) is 5. The van der Waals surface area contributed by atoms with Crippen LogP contribution in [-0.2, 0) is 10.5 Å². The molecule has 0 atom stereocenters. The van der Waals surface area contributed by atoms with Gasteiger partial charge in [0, 0.05) is 40.6 Å². The molecule has 0 aromatic heterocycles. The summed E-state index contributed by atoms with van der Waals surface area (Å²) in [4.78, 5) is 16.1. The molecule has 5 heteroatoms. The average molecular weight is 446 g/mol. The largest absolute Gasteiger partial charge is 0.496 e. The van der Waals surface area contributed by atoms with Gasteiger partial charge in [0.2, 0.25) is 0 Å². The summed E-state index contributed by atoms with van der Waals surface area (Å²) in [6.07, 6.45) is 3.46. The van der Waals surface area contributed by atoms with Crippen molar-refractivity contribution in [2.75, 3.05) is 38.3 Å². The molecule has 0 amide bonds. The Morgan fingerprint density at radius 2 is 1.78 bits per heavy atom. The highest BCUT2D eigenvalue weighted by atomic mass is 32.2. The number of benzene rings is 3. The molecular formula is C27H27NO3S. The lowest BCUT2D eigenvalue weighted by molar-refractivity contribution is 0.104. The van der Waals surface area contributed by atoms with Gasteiger partial charge >= 0.3 is 0 Å². The molecule has 0 bridgehead atoms. The van der Waals surface area contributed by atoms with E-state index >= 15 is 0 Å². The van der Waals surface area contributed by atoms with Gasteiger partial charge < -0.3 is 14.4 Å². The van der Waals surface area contributed by atoms with Crippen LogP contribution in [0.15, 0.2) is 83.8 Å². The molecule has 3 aromatic carbocycles. The smallest absolute Gasteiger partial charge is 0.185 e. The van der Waals surface area contributed by atoms with Crippen molar-refractivity contribution in [2.24, 2.45) is 0 Å². The number of rotatable bonds is 8. The summed E-state index contributed by atoms with van der Waals surface area (Å²) >= 11 is 1.77. The molecule has 32 heavy (non-hydrogen) atoms. The van der Waals surface area contributed by atoms with Crippen molar-refractivity contribution >= 4 is 29.3 Å². The molecule has 0 radical (unpaired) electrons. The molecule has 1 saturated heterocycles. The summed E-state index contributed by atoms with van der Waals surface area (Å²) in [5.74, 6) is 1.64. The summed E-state index contributed by atoms with van der Waals surface area (Å²) < 4.78 is 11.0. The quantitative estimate of drug-likeness (QED) is 0.252. The Morgan fingerprint density at radius 1 is 1.03 bits per heavy atom. The van der Waals surface area contributed by atoms with Crippen molar-refractivity contribution in [2.45, 2.75) is 10.6 Å². The maximum absolute atomic E-state index is 12.6.